The van der Waals surface area contributed by atoms with Crippen LogP contribution in [0.1, 0.15) is 303 Å². The zero-order chi connectivity index (χ0) is 63.5. The average molecular weight is 1230 g/mol. The fourth-order valence-electron chi connectivity index (χ4n) is 9.89. The first-order chi connectivity index (χ1) is 42.4. The third kappa shape index (κ3) is 66.7. The molecule has 0 saturated carbocycles. The summed E-state index contributed by atoms with van der Waals surface area (Å²) in [7, 11) is 1.16. The molecule has 9 nitrogen and oxygen atoms in total. The molecule has 500 valence electrons. The molecule has 0 spiro atoms. The molecule has 0 aliphatic heterocycles. The summed E-state index contributed by atoms with van der Waals surface area (Å²) >= 11 is 0. The van der Waals surface area contributed by atoms with Crippen LogP contribution in [-0.2, 0) is 27.9 Å². The van der Waals surface area contributed by atoms with E-state index in [0.717, 1.165) is 135 Å². The number of quaternary nitrogens is 1. The number of amides is 1. The zero-order valence-electron chi connectivity index (χ0n) is 57.2. The van der Waals surface area contributed by atoms with Gasteiger partial charge in [-0.1, -0.05) is 290 Å². The van der Waals surface area contributed by atoms with Crippen LogP contribution in [0.4, 0.5) is 0 Å². The third-order valence-corrected chi connectivity index (χ3v) is 16.3. The SMILES string of the molecule is CC/C=C\C/C=C\C/C=C\C/C=C\C/C=C\CCCCCCCCCCCCCC(=O)OC(/C=C/CCCCCCCCCCC)C(COP(=O)([O-])OCC[N+](C)(C)C)NC(=O)CCCCCCCCC/C=C\C/C=C\C/C=C\C/C=C\CCCCC. The molecule has 3 atom stereocenters. The lowest BCUT2D eigenvalue weighted by atomic mass is 10.0. The molecule has 0 aromatic heterocycles. The molecule has 0 bridgehead atoms. The predicted octanol–water partition coefficient (Wildman–Crippen LogP) is 22.4. The van der Waals surface area contributed by atoms with Crippen molar-refractivity contribution in [1.29, 1.82) is 0 Å². The second-order valence-corrected chi connectivity index (χ2v) is 26.4. The number of hydrogen-bond acceptors (Lipinski definition) is 7. The van der Waals surface area contributed by atoms with Gasteiger partial charge in [-0.3, -0.25) is 14.2 Å². The van der Waals surface area contributed by atoms with E-state index in [0.29, 0.717) is 17.4 Å². The van der Waals surface area contributed by atoms with Crippen molar-refractivity contribution in [3.8, 4) is 0 Å². The Labute approximate surface area is 537 Å². The Balaban J connectivity index is 5.05. The minimum Gasteiger partial charge on any atom is -0.756 e. The minimum atomic E-state index is -4.72. The largest absolute Gasteiger partial charge is 0.756 e. The Morgan fingerprint density at radius 3 is 1.13 bits per heavy atom. The molecule has 0 rings (SSSR count). The Morgan fingerprint density at radius 1 is 0.414 bits per heavy atom. The highest BCUT2D eigenvalue weighted by Crippen LogP contribution is 2.38. The summed E-state index contributed by atoms with van der Waals surface area (Å²) in [4.78, 5) is 40.2. The summed E-state index contributed by atoms with van der Waals surface area (Å²) in [6, 6.07) is -0.904. The molecule has 0 aliphatic rings. The normalized spacial score (nSPS) is 14.2. The molecule has 0 aliphatic carbocycles. The Kier molecular flexibility index (Phi) is 62.7. The Bertz CT molecular complexity index is 1900. The fourth-order valence-corrected chi connectivity index (χ4v) is 10.6. The van der Waals surface area contributed by atoms with E-state index in [9.17, 15) is 19.0 Å². The van der Waals surface area contributed by atoms with E-state index in [1.54, 1.807) is 0 Å². The Morgan fingerprint density at radius 2 is 0.736 bits per heavy atom. The molecular formula is C77H135N2O7P. The van der Waals surface area contributed by atoms with Crippen LogP contribution in [0.3, 0.4) is 0 Å². The van der Waals surface area contributed by atoms with Crippen molar-refractivity contribution in [2.75, 3.05) is 40.9 Å². The fraction of sp³-hybridized carbons (Fsp3) is 0.714. The predicted molar refractivity (Wildman–Crippen MR) is 376 cm³/mol. The van der Waals surface area contributed by atoms with Crippen molar-refractivity contribution in [3.05, 3.63) is 122 Å². The van der Waals surface area contributed by atoms with Gasteiger partial charge in [-0.25, -0.2) is 0 Å². The van der Waals surface area contributed by atoms with E-state index >= 15 is 0 Å². The van der Waals surface area contributed by atoms with Crippen LogP contribution in [0.25, 0.3) is 0 Å². The van der Waals surface area contributed by atoms with Gasteiger partial charge in [0.2, 0.25) is 5.91 Å². The summed E-state index contributed by atoms with van der Waals surface area (Å²) in [6.07, 6.45) is 91.8. The van der Waals surface area contributed by atoms with Crippen molar-refractivity contribution < 1.29 is 37.3 Å². The van der Waals surface area contributed by atoms with E-state index in [1.165, 1.54) is 135 Å². The lowest BCUT2D eigenvalue weighted by molar-refractivity contribution is -0.870. The standard InChI is InChI=1S/C77H135N2O7P/c1-7-10-13-16-19-22-25-27-29-31-33-35-37-38-39-40-42-44-46-48-50-52-55-58-61-64-67-70-77(81)86-75(68-65-62-59-56-53-24-21-18-15-12-9-3)74(73-85-87(82,83)84-72-71-79(4,5)6)78-76(80)69-66-63-60-57-54-51-49-47-45-43-41-36-34-32-30-28-26-23-20-17-14-11-8-2/h10,13,19-20,22-23,27-30,33-36,38-39,43,45,65,68,74-75H,7-9,11-12,14-18,21,24-26,31-32,37,40-42,44,46-64,66-67,69-73H2,1-6H3,(H-,78,80,82,83)/b13-10-,22-19-,23-20-,29-27-,30-28-,35-33-,36-34-,39-38-,45-43-,68-65+. The van der Waals surface area contributed by atoms with E-state index in [-0.39, 0.29) is 24.9 Å². The van der Waals surface area contributed by atoms with Crippen LogP contribution in [0.5, 0.6) is 0 Å². The Hall–Kier alpha value is -3.59. The molecule has 1 amide bonds. The molecule has 0 saturated heterocycles. The molecular weight excluding hydrogens is 1100 g/mol. The molecule has 1 N–H and O–H groups in total. The maximum atomic E-state index is 13.6. The van der Waals surface area contributed by atoms with Crippen LogP contribution in [0.15, 0.2) is 122 Å². The van der Waals surface area contributed by atoms with Gasteiger partial charge in [0, 0.05) is 12.8 Å². The summed E-state index contributed by atoms with van der Waals surface area (Å²) in [5, 5.41) is 3.03. The van der Waals surface area contributed by atoms with Crippen molar-refractivity contribution in [2.24, 2.45) is 0 Å². The third-order valence-electron chi connectivity index (χ3n) is 15.4. The number of hydrogen-bond donors (Lipinski definition) is 1. The molecule has 3 unspecified atom stereocenters. The maximum Gasteiger partial charge on any atom is 0.306 e. The summed E-state index contributed by atoms with van der Waals surface area (Å²) in [5.74, 6) is -0.558. The first-order valence-corrected chi connectivity index (χ1v) is 37.3. The second kappa shape index (κ2) is 65.4. The van der Waals surface area contributed by atoms with Gasteiger partial charge < -0.3 is 28.5 Å². The van der Waals surface area contributed by atoms with Gasteiger partial charge in [0.25, 0.3) is 7.82 Å². The number of phosphoric ester groups is 1. The van der Waals surface area contributed by atoms with Crippen molar-refractivity contribution in [1.82, 2.24) is 5.32 Å². The number of allylic oxidation sites excluding steroid dienone is 19. The monoisotopic (exact) mass is 1230 g/mol. The summed E-state index contributed by atoms with van der Waals surface area (Å²) < 4.78 is 30.4. The average Bonchev–Trinajstić information content (AvgIpc) is 3.70. The highest BCUT2D eigenvalue weighted by atomic mass is 31.2. The topological polar surface area (TPSA) is 114 Å². The summed E-state index contributed by atoms with van der Waals surface area (Å²) in [5.41, 5.74) is 0. The van der Waals surface area contributed by atoms with Gasteiger partial charge in [0.1, 0.15) is 19.3 Å². The van der Waals surface area contributed by atoms with E-state index in [1.807, 2.05) is 33.3 Å². The van der Waals surface area contributed by atoms with E-state index in [4.69, 9.17) is 13.8 Å². The van der Waals surface area contributed by atoms with Crippen LogP contribution in [0, 0.1) is 0 Å². The number of nitrogens with one attached hydrogen (secondary N) is 1. The number of esters is 1. The van der Waals surface area contributed by atoms with Crippen molar-refractivity contribution >= 4 is 19.7 Å². The van der Waals surface area contributed by atoms with Gasteiger partial charge >= 0.3 is 5.97 Å². The maximum absolute atomic E-state index is 13.6. The lowest BCUT2D eigenvalue weighted by Crippen LogP contribution is -2.47. The van der Waals surface area contributed by atoms with Gasteiger partial charge in [0.05, 0.1) is 33.8 Å². The van der Waals surface area contributed by atoms with Gasteiger partial charge in [0.15, 0.2) is 0 Å². The van der Waals surface area contributed by atoms with Crippen LogP contribution >= 0.6 is 7.82 Å². The number of rotatable bonds is 64. The highest BCUT2D eigenvalue weighted by molar-refractivity contribution is 7.45. The highest BCUT2D eigenvalue weighted by Gasteiger charge is 2.27. The minimum absolute atomic E-state index is 0.0305. The molecule has 87 heavy (non-hydrogen) atoms. The zero-order valence-corrected chi connectivity index (χ0v) is 58.1. The second-order valence-electron chi connectivity index (χ2n) is 25.0. The van der Waals surface area contributed by atoms with Gasteiger partial charge in [-0.05, 0) is 122 Å². The van der Waals surface area contributed by atoms with Gasteiger partial charge in [-0.2, -0.15) is 0 Å². The van der Waals surface area contributed by atoms with Crippen molar-refractivity contribution in [2.45, 2.75) is 315 Å². The van der Waals surface area contributed by atoms with Crippen molar-refractivity contribution in [3.63, 3.8) is 0 Å². The number of unbranched alkanes of at least 4 members (excludes halogenated alkanes) is 30. The number of carbonyl (C=O) groups excluding carboxylic acids is 2. The number of phosphoric acid groups is 1. The lowest BCUT2D eigenvalue weighted by Gasteiger charge is -2.30. The molecule has 0 heterocycles. The molecule has 0 fully saturated rings. The molecule has 0 aromatic rings. The van der Waals surface area contributed by atoms with Crippen LogP contribution in [0.2, 0.25) is 0 Å². The quantitative estimate of drug-likeness (QED) is 0.0212. The number of ether oxygens (including phenoxy) is 1. The van der Waals surface area contributed by atoms with E-state index in [2.05, 4.69) is 135 Å². The first-order valence-electron chi connectivity index (χ1n) is 35.8. The molecule has 0 aromatic carbocycles. The molecule has 0 radical (unpaired) electrons. The van der Waals surface area contributed by atoms with Gasteiger partial charge in [-0.15, -0.1) is 0 Å². The number of carbonyl (C=O) groups is 2. The number of likely N-dealkylation sites (N-methyl/N-ethyl adjacent to an activating group) is 1. The smallest absolute Gasteiger partial charge is 0.306 e. The number of nitrogens with zero attached hydrogens (tertiary/aromatic N) is 1. The van der Waals surface area contributed by atoms with E-state index < -0.39 is 26.6 Å². The first kappa shape index (κ1) is 83.4. The van der Waals surface area contributed by atoms with Crippen LogP contribution < -0.4 is 10.2 Å². The van der Waals surface area contributed by atoms with Crippen LogP contribution in [-0.4, -0.2) is 69.4 Å². The molecule has 10 heteroatoms. The summed E-state index contributed by atoms with van der Waals surface area (Å²) in [6.45, 7) is 6.69.